The van der Waals surface area contributed by atoms with Gasteiger partial charge in [-0.15, -0.1) is 0 Å². The van der Waals surface area contributed by atoms with E-state index in [0.717, 1.165) is 33.8 Å². The number of aryl methyl sites for hydroxylation is 5. The van der Waals surface area contributed by atoms with Gasteiger partial charge in [-0.2, -0.15) is 0 Å². The van der Waals surface area contributed by atoms with Gasteiger partial charge in [0.1, 0.15) is 5.82 Å². The summed E-state index contributed by atoms with van der Waals surface area (Å²) in [7, 11) is 0. The molecule has 29 heavy (non-hydrogen) atoms. The summed E-state index contributed by atoms with van der Waals surface area (Å²) < 4.78 is 13.9. The third-order valence-electron chi connectivity index (χ3n) is 5.33. The largest absolute Gasteiger partial charge is 0.314 e. The Morgan fingerprint density at radius 2 is 1.28 bits per heavy atom. The molecule has 146 valence electrons. The fourth-order valence-corrected chi connectivity index (χ4v) is 4.28. The fourth-order valence-electron chi connectivity index (χ4n) is 4.28. The van der Waals surface area contributed by atoms with Crippen molar-refractivity contribution >= 4 is 17.1 Å². The number of benzene rings is 3. The predicted octanol–water partition coefficient (Wildman–Crippen LogP) is 6.69. The highest BCUT2D eigenvalue weighted by molar-refractivity contribution is 5.89. The molecule has 4 rings (SSSR count). The zero-order chi connectivity index (χ0) is 20.7. The molecule has 0 aromatic heterocycles. The van der Waals surface area contributed by atoms with E-state index in [-0.39, 0.29) is 5.82 Å². The van der Waals surface area contributed by atoms with Crippen molar-refractivity contribution in [1.82, 2.24) is 0 Å². The molecule has 0 saturated carbocycles. The lowest BCUT2D eigenvalue weighted by molar-refractivity contribution is 0.625. The smallest absolute Gasteiger partial charge is 0.218 e. The van der Waals surface area contributed by atoms with Crippen LogP contribution in [0.25, 0.3) is 5.70 Å². The van der Waals surface area contributed by atoms with Crippen LogP contribution in [0, 0.1) is 47.1 Å². The average molecular weight is 384 g/mol. The minimum Gasteiger partial charge on any atom is -0.314 e. The molecule has 1 aliphatic heterocycles. The Balaban J connectivity index is 1.87. The number of hydrogen-bond acceptors (Lipinski definition) is 2. The second-order valence-electron chi connectivity index (χ2n) is 7.82. The highest BCUT2D eigenvalue weighted by atomic mass is 19.1. The molecule has 0 fully saturated rings. The van der Waals surface area contributed by atoms with Crippen LogP contribution < -0.4 is 9.80 Å². The van der Waals surface area contributed by atoms with E-state index in [4.69, 9.17) is 0 Å². The third-order valence-corrected chi connectivity index (χ3v) is 5.33. The minimum absolute atomic E-state index is 0.211. The van der Waals surface area contributed by atoms with Gasteiger partial charge in [-0.05, 0) is 74.6 Å². The Bertz CT molecular complexity index is 1050. The Morgan fingerprint density at radius 3 is 1.86 bits per heavy atom. The van der Waals surface area contributed by atoms with Crippen molar-refractivity contribution in [3.05, 3.63) is 107 Å². The Labute approximate surface area is 172 Å². The molecule has 0 aliphatic carbocycles. The zero-order valence-corrected chi connectivity index (χ0v) is 17.5. The van der Waals surface area contributed by atoms with E-state index in [1.165, 1.54) is 16.7 Å². The monoisotopic (exact) mass is 384 g/mol. The SMILES string of the molecule is Cc1cc(C)c(N2[C]N(c3c(C)cc(F)cc3C)C=C2c2ccccc2)c(C)c1. The first-order valence-corrected chi connectivity index (χ1v) is 9.82. The van der Waals surface area contributed by atoms with Crippen molar-refractivity contribution in [2.45, 2.75) is 34.6 Å². The van der Waals surface area contributed by atoms with E-state index in [9.17, 15) is 4.39 Å². The van der Waals surface area contributed by atoms with Gasteiger partial charge in [0.15, 0.2) is 0 Å². The first-order valence-electron chi connectivity index (χ1n) is 9.82. The van der Waals surface area contributed by atoms with E-state index in [1.807, 2.05) is 36.9 Å². The average Bonchev–Trinajstić information content (AvgIpc) is 3.05. The van der Waals surface area contributed by atoms with Crippen LogP contribution in [0.15, 0.2) is 60.8 Å². The van der Waals surface area contributed by atoms with Crippen LogP contribution in [0.2, 0.25) is 0 Å². The summed E-state index contributed by atoms with van der Waals surface area (Å²) in [6, 6.07) is 17.9. The van der Waals surface area contributed by atoms with Gasteiger partial charge in [-0.1, -0.05) is 48.0 Å². The summed E-state index contributed by atoms with van der Waals surface area (Å²) in [4.78, 5) is 4.12. The Hall–Kier alpha value is -3.07. The van der Waals surface area contributed by atoms with E-state index >= 15 is 0 Å². The summed E-state index contributed by atoms with van der Waals surface area (Å²) in [6.07, 6.45) is 2.08. The molecule has 1 heterocycles. The van der Waals surface area contributed by atoms with Gasteiger partial charge < -0.3 is 9.80 Å². The summed E-state index contributed by atoms with van der Waals surface area (Å²) in [5.41, 5.74) is 9.67. The molecule has 0 saturated heterocycles. The van der Waals surface area contributed by atoms with Crippen LogP contribution in [0.3, 0.4) is 0 Å². The van der Waals surface area contributed by atoms with Gasteiger partial charge in [-0.3, -0.25) is 0 Å². The molecule has 3 aromatic carbocycles. The van der Waals surface area contributed by atoms with Gasteiger partial charge in [0, 0.05) is 17.6 Å². The van der Waals surface area contributed by atoms with Gasteiger partial charge in [-0.25, -0.2) is 4.39 Å². The number of nitrogens with zero attached hydrogens (tertiary/aromatic N) is 2. The van der Waals surface area contributed by atoms with Crippen molar-refractivity contribution in [3.63, 3.8) is 0 Å². The van der Waals surface area contributed by atoms with Crippen LogP contribution >= 0.6 is 0 Å². The second kappa shape index (κ2) is 7.40. The van der Waals surface area contributed by atoms with Crippen molar-refractivity contribution < 1.29 is 4.39 Å². The maximum absolute atomic E-state index is 13.9. The lowest BCUT2D eigenvalue weighted by Crippen LogP contribution is -2.22. The van der Waals surface area contributed by atoms with Crippen LogP contribution in [0.5, 0.6) is 0 Å². The van der Waals surface area contributed by atoms with E-state index in [2.05, 4.69) is 62.8 Å². The number of halogens is 1. The van der Waals surface area contributed by atoms with Crippen LogP contribution in [0.1, 0.15) is 33.4 Å². The Kier molecular flexibility index (Phi) is 4.91. The lowest BCUT2D eigenvalue weighted by Gasteiger charge is -2.27. The number of anilines is 2. The van der Waals surface area contributed by atoms with Crippen molar-refractivity contribution in [2.24, 2.45) is 0 Å². The molecule has 0 atom stereocenters. The summed E-state index contributed by atoms with van der Waals surface area (Å²) in [6.45, 7) is 13.8. The van der Waals surface area contributed by atoms with Gasteiger partial charge in [0.25, 0.3) is 0 Å². The quantitative estimate of drug-likeness (QED) is 0.496. The third kappa shape index (κ3) is 3.53. The second-order valence-corrected chi connectivity index (χ2v) is 7.82. The molecule has 1 aliphatic rings. The van der Waals surface area contributed by atoms with Crippen molar-refractivity contribution in [1.29, 1.82) is 0 Å². The number of rotatable bonds is 3. The van der Waals surface area contributed by atoms with Gasteiger partial charge in [0.05, 0.1) is 5.70 Å². The molecule has 0 unspecified atom stereocenters. The van der Waals surface area contributed by atoms with Gasteiger partial charge >= 0.3 is 0 Å². The molecular weight excluding hydrogens is 359 g/mol. The number of hydrogen-bond donors (Lipinski definition) is 0. The summed E-state index contributed by atoms with van der Waals surface area (Å²) in [5.74, 6) is -0.211. The first kappa shape index (κ1) is 19.3. The topological polar surface area (TPSA) is 6.48 Å². The molecule has 2 nitrogen and oxygen atoms in total. The van der Waals surface area contributed by atoms with Crippen LogP contribution in [0.4, 0.5) is 15.8 Å². The molecule has 0 N–H and O–H groups in total. The predicted molar refractivity (Wildman–Crippen MR) is 119 cm³/mol. The van der Waals surface area contributed by atoms with Crippen LogP contribution in [-0.2, 0) is 0 Å². The molecule has 0 amide bonds. The van der Waals surface area contributed by atoms with Crippen LogP contribution in [-0.4, -0.2) is 0 Å². The molecule has 0 spiro atoms. The Morgan fingerprint density at radius 1 is 0.724 bits per heavy atom. The molecule has 3 heteroatoms. The highest BCUT2D eigenvalue weighted by Gasteiger charge is 2.30. The molecular formula is C26H25FN2. The summed E-state index contributed by atoms with van der Waals surface area (Å²) in [5, 5.41) is 0. The molecule has 2 radical (unpaired) electrons. The standard InChI is InChI=1S/C26H25FN2/c1-17-11-18(2)26(19(3)12-17)29-16-28(15-24(29)22-9-7-6-8-10-22)25-20(4)13-23(27)14-21(25)5/h6-15H,1-5H3. The lowest BCUT2D eigenvalue weighted by atomic mass is 10.0. The van der Waals surface area contributed by atoms with Gasteiger partial charge in [0.2, 0.25) is 6.67 Å². The summed E-state index contributed by atoms with van der Waals surface area (Å²) >= 11 is 0. The van der Waals surface area contributed by atoms with E-state index < -0.39 is 0 Å². The normalized spacial score (nSPS) is 13.8. The van der Waals surface area contributed by atoms with E-state index in [0.29, 0.717) is 0 Å². The van der Waals surface area contributed by atoms with Crippen molar-refractivity contribution in [3.8, 4) is 0 Å². The zero-order valence-electron chi connectivity index (χ0n) is 17.5. The maximum atomic E-state index is 13.9. The molecule has 0 bridgehead atoms. The van der Waals surface area contributed by atoms with Crippen molar-refractivity contribution in [2.75, 3.05) is 9.80 Å². The molecule has 3 aromatic rings. The first-order chi connectivity index (χ1) is 13.8. The highest BCUT2D eigenvalue weighted by Crippen LogP contribution is 2.41. The van der Waals surface area contributed by atoms with E-state index in [1.54, 1.807) is 12.1 Å². The maximum Gasteiger partial charge on any atom is 0.218 e. The minimum atomic E-state index is -0.211. The fraction of sp³-hybridized carbons (Fsp3) is 0.192.